The molecule has 6 aromatic heterocycles. The zero-order chi connectivity index (χ0) is 99.5. The normalized spacial score (nSPS) is 14.8. The fraction of sp³-hybridized carbons (Fsp3) is 0. The quantitative estimate of drug-likeness (QED) is 0.154. The molecule has 558 valence electrons. The lowest BCUT2D eigenvalue weighted by atomic mass is 9.85. The molecule has 0 aliphatic heterocycles. The molecule has 0 fully saturated rings. The molecule has 0 unspecified atom stereocenters. The lowest BCUT2D eigenvalue weighted by molar-refractivity contribution is 0.668. The highest BCUT2D eigenvalue weighted by molar-refractivity contribution is 6.30. The number of para-hydroxylation sites is 10. The molecule has 27 rings (SSSR count). The van der Waals surface area contributed by atoms with Crippen molar-refractivity contribution >= 4 is 196 Å². The summed E-state index contributed by atoms with van der Waals surface area (Å²) in [6.45, 7) is 0. The molecule has 0 aliphatic carbocycles. The standard InChI is InChI=1S/3C38H22O2/c1-3-14-28-26(12-1)36(23-20-21-35-32(22-23)25-11-6-7-18-33(25)39-35)27-13-2-4-15-29(27)37(28)31-17-9-16-30-24-10-5-8-19-34(24)40-38(30)31;1-3-14-29-27(12-1)36(23-20-21-26-24-10-5-7-18-33(24)39-35(26)22-23)28-13-2-4-15-30(28)37(29)32-17-9-16-31-25-11-6-8-19-34(25)40-38(31)32;1-2-14-26-25(13-1)35(31-19-9-17-29-23-11-5-7-21-33(23)39-37(29)31)27-15-3-4-16-28(27)36(26)32-20-10-18-30-24-12-6-8-22-34(24)40-38(30)32/h3*1-22H/i2*1D,2D,3D,4D,12D,13D,14D,15D;1D,2D,3D,4D,13D,14D,15D,16D. The molecular formula is C114H66O6. The van der Waals surface area contributed by atoms with E-state index in [-0.39, 0.29) is 171 Å². The minimum Gasteiger partial charge on any atom is -0.456 e. The van der Waals surface area contributed by atoms with E-state index >= 15 is 0 Å². The van der Waals surface area contributed by atoms with E-state index in [2.05, 4.69) is 0 Å². The van der Waals surface area contributed by atoms with Crippen LogP contribution in [0.5, 0.6) is 0 Å². The summed E-state index contributed by atoms with van der Waals surface area (Å²) in [4.78, 5) is 0. The first kappa shape index (κ1) is 47.7. The summed E-state index contributed by atoms with van der Waals surface area (Å²) in [5, 5.41) is 11.4. The largest absolute Gasteiger partial charge is 0.456 e. The van der Waals surface area contributed by atoms with Gasteiger partial charge in [-0.1, -0.05) is 339 Å². The predicted octanol–water partition coefficient (Wildman–Crippen LogP) is 33.4. The van der Waals surface area contributed by atoms with E-state index in [1.807, 2.05) is 206 Å². The third kappa shape index (κ3) is 10.3. The summed E-state index contributed by atoms with van der Waals surface area (Å²) in [6.07, 6.45) is 0. The minimum absolute atomic E-state index is 0.120. The number of hydrogen-bond acceptors (Lipinski definition) is 6. The lowest BCUT2D eigenvalue weighted by Gasteiger charge is -2.18. The molecule has 0 N–H and O–H groups in total. The second-order valence-electron chi connectivity index (χ2n) is 29.5. The summed E-state index contributed by atoms with van der Waals surface area (Å²) in [5.41, 5.74) is 11.1. The van der Waals surface area contributed by atoms with Crippen molar-refractivity contribution < 1.29 is 59.4 Å². The molecule has 27 aromatic rings. The maximum Gasteiger partial charge on any atom is 0.143 e. The van der Waals surface area contributed by atoms with Gasteiger partial charge in [0.2, 0.25) is 0 Å². The Balaban J connectivity index is 0.000000113. The topological polar surface area (TPSA) is 78.8 Å². The van der Waals surface area contributed by atoms with Crippen molar-refractivity contribution in [3.05, 3.63) is 400 Å². The second-order valence-corrected chi connectivity index (χ2v) is 29.5. The number of benzene rings is 21. The lowest BCUT2D eigenvalue weighted by Crippen LogP contribution is -1.91. The Labute approximate surface area is 719 Å². The molecule has 0 saturated heterocycles. The van der Waals surface area contributed by atoms with Gasteiger partial charge in [0.05, 0.1) is 32.9 Å². The highest BCUT2D eigenvalue weighted by atomic mass is 16.3. The van der Waals surface area contributed by atoms with E-state index in [4.69, 9.17) is 43.0 Å². The summed E-state index contributed by atoms with van der Waals surface area (Å²) in [6, 6.07) is 68.7. The Kier molecular flexibility index (Phi) is 10.7. The molecular weight excluding hydrogens is 1470 g/mol. The molecule has 0 spiro atoms. The first-order chi connectivity index (χ1) is 69.5. The Morgan fingerprint density at radius 1 is 0.142 bits per heavy atom. The van der Waals surface area contributed by atoms with Crippen LogP contribution in [0, 0.1) is 0 Å². The Morgan fingerprint density at radius 2 is 0.350 bits per heavy atom. The van der Waals surface area contributed by atoms with Gasteiger partial charge in [0.15, 0.2) is 0 Å². The van der Waals surface area contributed by atoms with E-state index in [9.17, 15) is 16.4 Å². The monoisotopic (exact) mass is 1550 g/mol. The molecule has 0 amide bonds. The summed E-state index contributed by atoms with van der Waals surface area (Å²) in [7, 11) is 0. The molecule has 0 atom stereocenters. The van der Waals surface area contributed by atoms with Gasteiger partial charge in [-0.25, -0.2) is 0 Å². The van der Waals surface area contributed by atoms with Crippen LogP contribution in [0.2, 0.25) is 0 Å². The van der Waals surface area contributed by atoms with E-state index in [0.717, 1.165) is 64.6 Å². The molecule has 120 heavy (non-hydrogen) atoms. The summed E-state index contributed by atoms with van der Waals surface area (Å²) in [5.74, 6) is 0. The van der Waals surface area contributed by atoms with Crippen LogP contribution in [-0.2, 0) is 0 Å². The van der Waals surface area contributed by atoms with Crippen molar-refractivity contribution in [1.82, 2.24) is 0 Å². The minimum atomic E-state index is -0.460. The number of rotatable bonds is 6. The maximum absolute atomic E-state index is 9.30. The SMILES string of the molecule is [2H]c1c([2H])c([2H])c2c(-c3cccc4c3oc3ccccc34)c3c([2H])c([2H])c([2H])c([2H])c3c(-c3ccc4c(c3)oc3ccccc34)c2c1[2H].[2H]c1c([2H])c([2H])c2c(-c3cccc4c3oc3ccccc34)c3c([2H])c([2H])c([2H])c([2H])c3c(-c3ccc4oc5ccccc5c4c3)c2c1[2H].[2H]c1c([2H])c([2H])c2c(-c3cccc4c3oc3ccccc34)c3c([2H])c([2H])c([2H])c([2H])c3c(-c3cccc4c3oc3ccccc34)c2c1[2H]. The first-order valence-electron chi connectivity index (χ1n) is 50.9. The van der Waals surface area contributed by atoms with Gasteiger partial charge in [0.1, 0.15) is 67.0 Å². The highest BCUT2D eigenvalue weighted by Gasteiger charge is 2.27. The van der Waals surface area contributed by atoms with Crippen molar-refractivity contribution in [2.75, 3.05) is 0 Å². The van der Waals surface area contributed by atoms with Gasteiger partial charge in [0.25, 0.3) is 0 Å². The Morgan fingerprint density at radius 3 is 0.650 bits per heavy atom. The van der Waals surface area contributed by atoms with Crippen molar-refractivity contribution in [1.29, 1.82) is 0 Å². The van der Waals surface area contributed by atoms with Gasteiger partial charge in [-0.3, -0.25) is 0 Å². The third-order valence-corrected chi connectivity index (χ3v) is 23.2. The van der Waals surface area contributed by atoms with Crippen molar-refractivity contribution in [3.63, 3.8) is 0 Å². The molecule has 0 aliphatic rings. The zero-order valence-electron chi connectivity index (χ0n) is 86.7. The fourth-order valence-electron chi connectivity index (χ4n) is 18.1. The van der Waals surface area contributed by atoms with Crippen molar-refractivity contribution in [2.24, 2.45) is 0 Å². The average molecular weight is 1560 g/mol. The first-order valence-corrected chi connectivity index (χ1v) is 38.9. The van der Waals surface area contributed by atoms with Gasteiger partial charge < -0.3 is 26.5 Å². The van der Waals surface area contributed by atoms with Gasteiger partial charge in [-0.15, -0.1) is 0 Å². The highest BCUT2D eigenvalue weighted by Crippen LogP contribution is 2.53. The molecule has 6 nitrogen and oxygen atoms in total. The smallest absolute Gasteiger partial charge is 0.143 e. The Hall–Kier alpha value is -16.0. The van der Waals surface area contributed by atoms with Crippen LogP contribution >= 0.6 is 0 Å². The molecule has 0 bridgehead atoms. The number of furan rings is 6. The van der Waals surface area contributed by atoms with Gasteiger partial charge >= 0.3 is 0 Å². The fourth-order valence-corrected chi connectivity index (χ4v) is 18.1. The second kappa shape index (κ2) is 26.8. The number of fused-ring (bicyclic) bond motifs is 24. The van der Waals surface area contributed by atoms with Crippen LogP contribution in [0.1, 0.15) is 32.9 Å². The van der Waals surface area contributed by atoms with Crippen molar-refractivity contribution in [2.45, 2.75) is 0 Å². The maximum atomic E-state index is 9.30. The molecule has 0 saturated carbocycles. The van der Waals surface area contributed by atoms with E-state index in [0.29, 0.717) is 100 Å². The average Bonchev–Trinajstić information content (AvgIpc) is 1.10. The predicted molar refractivity (Wildman–Crippen MR) is 501 cm³/mol. The van der Waals surface area contributed by atoms with E-state index in [1.165, 1.54) is 0 Å². The van der Waals surface area contributed by atoms with Crippen LogP contribution in [-0.4, -0.2) is 0 Å². The van der Waals surface area contributed by atoms with Gasteiger partial charge in [0, 0.05) is 109 Å². The third-order valence-electron chi connectivity index (χ3n) is 23.2. The van der Waals surface area contributed by atoms with E-state index < -0.39 is 72.5 Å². The van der Waals surface area contributed by atoms with Gasteiger partial charge in [-0.05, 0) is 148 Å². The van der Waals surface area contributed by atoms with Crippen molar-refractivity contribution in [3.8, 4) is 66.8 Å². The molecule has 6 heteroatoms. The molecule has 0 radical (unpaired) electrons. The molecule has 6 heterocycles. The number of hydrogen-bond donors (Lipinski definition) is 0. The zero-order valence-corrected chi connectivity index (χ0v) is 62.7. The summed E-state index contributed by atoms with van der Waals surface area (Å²) >= 11 is 0. The Bertz CT molecular complexity index is 10100. The van der Waals surface area contributed by atoms with Crippen LogP contribution in [0.3, 0.4) is 0 Å². The molecule has 21 aromatic carbocycles. The van der Waals surface area contributed by atoms with E-state index in [1.54, 1.807) is 48.5 Å². The van der Waals surface area contributed by atoms with Crippen LogP contribution in [0.15, 0.2) is 426 Å². The van der Waals surface area contributed by atoms with Gasteiger partial charge in [-0.2, -0.15) is 0 Å². The van der Waals surface area contributed by atoms with Crippen LogP contribution in [0.25, 0.3) is 263 Å². The van der Waals surface area contributed by atoms with Crippen LogP contribution in [0.4, 0.5) is 0 Å². The van der Waals surface area contributed by atoms with Crippen LogP contribution < -0.4 is 0 Å². The summed E-state index contributed by atoms with van der Waals surface area (Å²) < 4.78 is 254.